The Hall–Kier alpha value is -4.21. The molecule has 2 aromatic carbocycles. The molecule has 30 heavy (non-hydrogen) atoms. The lowest BCUT2D eigenvalue weighted by Crippen LogP contribution is -2.00. The van der Waals surface area contributed by atoms with Crippen molar-refractivity contribution in [1.82, 2.24) is 19.8 Å². The maximum Gasteiger partial charge on any atom is 0.270 e. The van der Waals surface area contributed by atoms with Gasteiger partial charge < -0.3 is 14.2 Å². The molecule has 0 aliphatic carbocycles. The molecule has 152 valence electrons. The molecule has 4 aromatic rings. The number of nitro groups is 1. The molecule has 10 nitrogen and oxygen atoms in total. The fourth-order valence-electron chi connectivity index (χ4n) is 3.11. The van der Waals surface area contributed by atoms with Crippen LogP contribution in [0.5, 0.6) is 17.2 Å². The van der Waals surface area contributed by atoms with E-state index in [4.69, 9.17) is 14.2 Å². The van der Waals surface area contributed by atoms with Gasteiger partial charge in [-0.3, -0.25) is 10.1 Å². The van der Waals surface area contributed by atoms with Crippen LogP contribution < -0.4 is 14.2 Å². The minimum absolute atomic E-state index is 0.0111. The summed E-state index contributed by atoms with van der Waals surface area (Å²) in [5.41, 5.74) is 2.31. The second kappa shape index (κ2) is 7.66. The lowest BCUT2D eigenvalue weighted by atomic mass is 10.1. The van der Waals surface area contributed by atoms with Gasteiger partial charge >= 0.3 is 0 Å². The van der Waals surface area contributed by atoms with E-state index in [0.29, 0.717) is 45.5 Å². The molecule has 0 radical (unpaired) electrons. The Kier molecular flexibility index (Phi) is 4.88. The lowest BCUT2D eigenvalue weighted by molar-refractivity contribution is -0.384. The number of ether oxygens (including phenoxy) is 3. The normalized spacial score (nSPS) is 10.8. The van der Waals surface area contributed by atoms with Crippen molar-refractivity contribution < 1.29 is 19.1 Å². The van der Waals surface area contributed by atoms with Gasteiger partial charge in [0.15, 0.2) is 23.0 Å². The smallest absolute Gasteiger partial charge is 0.270 e. The maximum atomic E-state index is 11.1. The summed E-state index contributed by atoms with van der Waals surface area (Å²) < 4.78 is 17.7. The minimum Gasteiger partial charge on any atom is -0.493 e. The minimum atomic E-state index is -0.442. The van der Waals surface area contributed by atoms with Gasteiger partial charge in [0.1, 0.15) is 0 Å². The maximum absolute atomic E-state index is 11.1. The van der Waals surface area contributed by atoms with Crippen LogP contribution in [0, 0.1) is 10.1 Å². The number of non-ortho nitro benzene ring substituents is 1. The zero-order chi connectivity index (χ0) is 21.3. The summed E-state index contributed by atoms with van der Waals surface area (Å²) in [7, 11) is 4.59. The SMILES string of the molecule is COc1cc(-c2nnc3ccc(-c4cccc([N+](=O)[O-])c4)nn23)cc(OC)c1OC. The van der Waals surface area contributed by atoms with Gasteiger partial charge in [-0.15, -0.1) is 10.2 Å². The highest BCUT2D eigenvalue weighted by Gasteiger charge is 2.18. The summed E-state index contributed by atoms with van der Waals surface area (Å²) in [6.45, 7) is 0. The van der Waals surface area contributed by atoms with E-state index in [0.717, 1.165) is 0 Å². The van der Waals surface area contributed by atoms with Crippen molar-refractivity contribution in [2.24, 2.45) is 0 Å². The van der Waals surface area contributed by atoms with Crippen molar-refractivity contribution in [3.05, 3.63) is 58.6 Å². The molecular formula is C20H17N5O5. The fourth-order valence-corrected chi connectivity index (χ4v) is 3.11. The Morgan fingerprint density at radius 3 is 2.27 bits per heavy atom. The molecule has 0 N–H and O–H groups in total. The Bertz CT molecular complexity index is 1230. The first-order valence-corrected chi connectivity index (χ1v) is 8.83. The molecule has 4 rings (SSSR count). The van der Waals surface area contributed by atoms with E-state index in [9.17, 15) is 10.1 Å². The molecule has 0 unspecified atom stereocenters. The lowest BCUT2D eigenvalue weighted by Gasteiger charge is -2.13. The number of fused-ring (bicyclic) bond motifs is 1. The first kappa shape index (κ1) is 19.1. The van der Waals surface area contributed by atoms with Crippen molar-refractivity contribution in [3.63, 3.8) is 0 Å². The van der Waals surface area contributed by atoms with Gasteiger partial charge in [-0.25, -0.2) is 0 Å². The van der Waals surface area contributed by atoms with Crippen LogP contribution in [-0.4, -0.2) is 46.1 Å². The molecule has 0 spiro atoms. The first-order chi connectivity index (χ1) is 14.5. The number of benzene rings is 2. The number of methoxy groups -OCH3 is 3. The summed E-state index contributed by atoms with van der Waals surface area (Å²) >= 11 is 0. The van der Waals surface area contributed by atoms with Gasteiger partial charge in [0.2, 0.25) is 5.75 Å². The van der Waals surface area contributed by atoms with Crippen LogP contribution in [0.3, 0.4) is 0 Å². The van der Waals surface area contributed by atoms with Crippen LogP contribution in [0.2, 0.25) is 0 Å². The third-order valence-corrected chi connectivity index (χ3v) is 4.54. The highest BCUT2D eigenvalue weighted by atomic mass is 16.6. The van der Waals surface area contributed by atoms with Gasteiger partial charge in [0, 0.05) is 23.3 Å². The van der Waals surface area contributed by atoms with Crippen molar-refractivity contribution in [3.8, 4) is 39.9 Å². The quantitative estimate of drug-likeness (QED) is 0.353. The Morgan fingerprint density at radius 1 is 0.900 bits per heavy atom. The zero-order valence-electron chi connectivity index (χ0n) is 16.4. The number of nitro benzene ring substituents is 1. The molecular weight excluding hydrogens is 390 g/mol. The summed E-state index contributed by atoms with van der Waals surface area (Å²) in [5, 5.41) is 24.1. The van der Waals surface area contributed by atoms with E-state index >= 15 is 0 Å². The van der Waals surface area contributed by atoms with E-state index in [1.807, 2.05) is 0 Å². The first-order valence-electron chi connectivity index (χ1n) is 8.83. The predicted molar refractivity (Wildman–Crippen MR) is 108 cm³/mol. The summed E-state index contributed by atoms with van der Waals surface area (Å²) in [6, 6.07) is 13.3. The van der Waals surface area contributed by atoms with E-state index in [1.54, 1.807) is 40.9 Å². The van der Waals surface area contributed by atoms with Crippen LogP contribution in [-0.2, 0) is 0 Å². The van der Waals surface area contributed by atoms with Crippen molar-refractivity contribution in [2.45, 2.75) is 0 Å². The monoisotopic (exact) mass is 407 g/mol. The van der Waals surface area contributed by atoms with Crippen molar-refractivity contribution in [2.75, 3.05) is 21.3 Å². The van der Waals surface area contributed by atoms with Crippen LogP contribution >= 0.6 is 0 Å². The molecule has 0 amide bonds. The van der Waals surface area contributed by atoms with Crippen molar-refractivity contribution in [1.29, 1.82) is 0 Å². The molecule has 0 aliphatic heterocycles. The third-order valence-electron chi connectivity index (χ3n) is 4.54. The number of nitrogens with zero attached hydrogens (tertiary/aromatic N) is 5. The Labute approximate surface area is 170 Å². The highest BCUT2D eigenvalue weighted by molar-refractivity contribution is 5.69. The molecule has 0 atom stereocenters. The van der Waals surface area contributed by atoms with Crippen molar-refractivity contribution >= 4 is 11.3 Å². The largest absolute Gasteiger partial charge is 0.493 e. The number of aromatic nitrogens is 4. The highest BCUT2D eigenvalue weighted by Crippen LogP contribution is 2.40. The molecule has 2 aromatic heterocycles. The fraction of sp³-hybridized carbons (Fsp3) is 0.150. The number of hydrogen-bond acceptors (Lipinski definition) is 8. The number of rotatable bonds is 6. The van der Waals surface area contributed by atoms with E-state index < -0.39 is 4.92 Å². The standard InChI is InChI=1S/C20H17N5O5/c1-28-16-10-13(11-17(29-2)19(16)30-3)20-22-21-18-8-7-15(23-24(18)20)12-5-4-6-14(9-12)25(26)27/h4-11H,1-3H3. The molecule has 0 saturated carbocycles. The predicted octanol–water partition coefficient (Wildman–Crippen LogP) is 3.39. The van der Waals surface area contributed by atoms with Gasteiger partial charge in [-0.05, 0) is 24.3 Å². The third kappa shape index (κ3) is 3.24. The molecule has 0 bridgehead atoms. The summed E-state index contributed by atoms with van der Waals surface area (Å²) in [4.78, 5) is 10.7. The summed E-state index contributed by atoms with van der Waals surface area (Å²) in [5.74, 6) is 1.86. The molecule has 0 saturated heterocycles. The average Bonchev–Trinajstić information content (AvgIpc) is 3.21. The number of hydrogen-bond donors (Lipinski definition) is 0. The van der Waals surface area contributed by atoms with Gasteiger partial charge in [-0.2, -0.15) is 9.61 Å². The van der Waals surface area contributed by atoms with E-state index in [2.05, 4.69) is 15.3 Å². The van der Waals surface area contributed by atoms with E-state index in [1.165, 1.54) is 33.5 Å². The zero-order valence-corrected chi connectivity index (χ0v) is 16.4. The van der Waals surface area contributed by atoms with Gasteiger partial charge in [-0.1, -0.05) is 12.1 Å². The van der Waals surface area contributed by atoms with Crippen LogP contribution in [0.4, 0.5) is 5.69 Å². The van der Waals surface area contributed by atoms with Crippen LogP contribution in [0.15, 0.2) is 48.5 Å². The van der Waals surface area contributed by atoms with Gasteiger partial charge in [0.25, 0.3) is 5.69 Å². The second-order valence-corrected chi connectivity index (χ2v) is 6.23. The molecule has 2 heterocycles. The van der Waals surface area contributed by atoms with E-state index in [-0.39, 0.29) is 5.69 Å². The van der Waals surface area contributed by atoms with Crippen LogP contribution in [0.25, 0.3) is 28.3 Å². The summed E-state index contributed by atoms with van der Waals surface area (Å²) in [6.07, 6.45) is 0. The molecule has 10 heteroatoms. The average molecular weight is 407 g/mol. The Morgan fingerprint density at radius 2 is 1.63 bits per heavy atom. The molecule has 0 fully saturated rings. The Balaban J connectivity index is 1.87. The van der Waals surface area contributed by atoms with Crippen LogP contribution in [0.1, 0.15) is 0 Å². The van der Waals surface area contributed by atoms with Gasteiger partial charge in [0.05, 0.1) is 31.9 Å². The molecule has 0 aliphatic rings. The second-order valence-electron chi connectivity index (χ2n) is 6.23. The topological polar surface area (TPSA) is 114 Å².